The number of anilines is 1. The third kappa shape index (κ3) is 3.90. The number of amides is 1. The molecule has 6 nitrogen and oxygen atoms in total. The van der Waals surface area contributed by atoms with Crippen LogP contribution in [0.3, 0.4) is 0 Å². The second kappa shape index (κ2) is 7.73. The van der Waals surface area contributed by atoms with Gasteiger partial charge in [-0.25, -0.2) is 8.42 Å². The molecule has 0 spiro atoms. The normalized spacial score (nSPS) is 25.8. The first-order valence-corrected chi connectivity index (χ1v) is 12.2. The van der Waals surface area contributed by atoms with Crippen molar-refractivity contribution in [3.8, 4) is 0 Å². The van der Waals surface area contributed by atoms with E-state index in [1.54, 1.807) is 28.2 Å². The third-order valence-corrected chi connectivity index (χ3v) is 9.13. The van der Waals surface area contributed by atoms with Gasteiger partial charge in [-0.1, -0.05) is 19.8 Å². The number of rotatable bonds is 3. The van der Waals surface area contributed by atoms with E-state index in [0.717, 1.165) is 18.0 Å². The smallest absolute Gasteiger partial charge is 0.243 e. The summed E-state index contributed by atoms with van der Waals surface area (Å²) in [6.45, 7) is 4.57. The predicted octanol–water partition coefficient (Wildman–Crippen LogP) is 2.62. The summed E-state index contributed by atoms with van der Waals surface area (Å²) in [6.07, 6.45) is 5.07. The molecule has 1 N–H and O–H groups in total. The summed E-state index contributed by atoms with van der Waals surface area (Å²) >= 11 is 1.59. The van der Waals surface area contributed by atoms with E-state index in [1.165, 1.54) is 25.7 Å². The van der Waals surface area contributed by atoms with Crippen molar-refractivity contribution >= 4 is 33.4 Å². The SMILES string of the molecule is CC1CSc2ccc(S(=O)(=O)N3CCN(C4CCCC4)CC3)cc2NC1=O. The van der Waals surface area contributed by atoms with Crippen LogP contribution in [0.15, 0.2) is 28.0 Å². The summed E-state index contributed by atoms with van der Waals surface area (Å²) < 4.78 is 27.8. The molecule has 2 fully saturated rings. The summed E-state index contributed by atoms with van der Waals surface area (Å²) in [5, 5.41) is 2.88. The highest BCUT2D eigenvalue weighted by molar-refractivity contribution is 7.99. The monoisotopic (exact) mass is 409 g/mol. The van der Waals surface area contributed by atoms with E-state index >= 15 is 0 Å². The Morgan fingerprint density at radius 1 is 1.11 bits per heavy atom. The van der Waals surface area contributed by atoms with Gasteiger partial charge in [-0.2, -0.15) is 4.31 Å². The molecule has 0 bridgehead atoms. The molecule has 0 radical (unpaired) electrons. The second-order valence-corrected chi connectivity index (χ2v) is 10.7. The third-order valence-electron chi connectivity index (χ3n) is 5.90. The van der Waals surface area contributed by atoms with Crippen molar-refractivity contribution in [2.75, 3.05) is 37.2 Å². The van der Waals surface area contributed by atoms with Gasteiger partial charge in [0, 0.05) is 48.8 Å². The first-order chi connectivity index (χ1) is 12.9. The molecule has 1 unspecified atom stereocenters. The lowest BCUT2D eigenvalue weighted by Crippen LogP contribution is -2.51. The van der Waals surface area contributed by atoms with Crippen molar-refractivity contribution < 1.29 is 13.2 Å². The number of piperazine rings is 1. The lowest BCUT2D eigenvalue weighted by molar-refractivity contribution is -0.118. The van der Waals surface area contributed by atoms with Gasteiger partial charge in [0.25, 0.3) is 0 Å². The number of thioether (sulfide) groups is 1. The summed E-state index contributed by atoms with van der Waals surface area (Å²) in [6, 6.07) is 5.75. The van der Waals surface area contributed by atoms with E-state index in [0.29, 0.717) is 30.6 Å². The van der Waals surface area contributed by atoms with E-state index in [4.69, 9.17) is 0 Å². The fraction of sp³-hybridized carbons (Fsp3) is 0.632. The lowest BCUT2D eigenvalue weighted by atomic mass is 10.2. The van der Waals surface area contributed by atoms with Crippen LogP contribution in [0.25, 0.3) is 0 Å². The fourth-order valence-corrected chi connectivity index (χ4v) is 6.63. The molecule has 2 aliphatic heterocycles. The highest BCUT2D eigenvalue weighted by Crippen LogP contribution is 2.35. The molecule has 4 rings (SSSR count). The van der Waals surface area contributed by atoms with Crippen LogP contribution < -0.4 is 5.32 Å². The molecule has 1 aromatic rings. The zero-order chi connectivity index (χ0) is 19.0. The van der Waals surface area contributed by atoms with Crippen LogP contribution >= 0.6 is 11.8 Å². The van der Waals surface area contributed by atoms with E-state index in [2.05, 4.69) is 10.2 Å². The molecule has 148 valence electrons. The Morgan fingerprint density at radius 2 is 1.81 bits per heavy atom. The van der Waals surface area contributed by atoms with E-state index in [-0.39, 0.29) is 16.7 Å². The molecule has 27 heavy (non-hydrogen) atoms. The van der Waals surface area contributed by atoms with Crippen LogP contribution in [0.2, 0.25) is 0 Å². The summed E-state index contributed by atoms with van der Waals surface area (Å²) in [4.78, 5) is 15.8. The molecule has 2 heterocycles. The molecular formula is C19H27N3O3S2. The van der Waals surface area contributed by atoms with E-state index < -0.39 is 10.0 Å². The first-order valence-electron chi connectivity index (χ1n) is 9.77. The Morgan fingerprint density at radius 3 is 2.52 bits per heavy atom. The quantitative estimate of drug-likeness (QED) is 0.831. The largest absolute Gasteiger partial charge is 0.325 e. The highest BCUT2D eigenvalue weighted by atomic mass is 32.2. The van der Waals surface area contributed by atoms with Gasteiger partial charge < -0.3 is 5.32 Å². The Bertz CT molecular complexity index is 813. The number of nitrogens with one attached hydrogen (secondary N) is 1. The molecule has 1 aliphatic carbocycles. The Balaban J connectivity index is 1.49. The van der Waals surface area contributed by atoms with Crippen molar-refractivity contribution in [2.45, 2.75) is 48.4 Å². The Hall–Kier alpha value is -1.09. The van der Waals surface area contributed by atoms with Gasteiger partial charge in [0.15, 0.2) is 0 Å². The van der Waals surface area contributed by atoms with Gasteiger partial charge in [0.05, 0.1) is 10.6 Å². The molecule has 8 heteroatoms. The summed E-state index contributed by atoms with van der Waals surface area (Å²) in [5.74, 6) is 0.556. The summed E-state index contributed by atoms with van der Waals surface area (Å²) in [5.41, 5.74) is 0.611. The second-order valence-electron chi connectivity index (χ2n) is 7.74. The van der Waals surface area contributed by atoms with Crippen molar-refractivity contribution in [2.24, 2.45) is 5.92 Å². The fourth-order valence-electron chi connectivity index (χ4n) is 4.17. The van der Waals surface area contributed by atoms with Crippen LogP contribution in [0.5, 0.6) is 0 Å². The van der Waals surface area contributed by atoms with Gasteiger partial charge in [-0.15, -0.1) is 11.8 Å². The maximum absolute atomic E-state index is 13.1. The topological polar surface area (TPSA) is 69.7 Å². The van der Waals surface area contributed by atoms with Crippen molar-refractivity contribution in [3.05, 3.63) is 18.2 Å². The molecule has 0 aromatic heterocycles. The predicted molar refractivity (Wildman–Crippen MR) is 108 cm³/mol. The molecule has 1 atom stereocenters. The molecule has 1 saturated heterocycles. The summed E-state index contributed by atoms with van der Waals surface area (Å²) in [7, 11) is -3.54. The van der Waals surface area contributed by atoms with E-state index in [1.807, 2.05) is 13.0 Å². The van der Waals surface area contributed by atoms with Crippen LogP contribution in [-0.4, -0.2) is 61.5 Å². The Labute approximate surface area is 165 Å². The number of hydrogen-bond donors (Lipinski definition) is 1. The zero-order valence-electron chi connectivity index (χ0n) is 15.7. The number of carbonyl (C=O) groups is 1. The van der Waals surface area contributed by atoms with Crippen molar-refractivity contribution in [1.29, 1.82) is 0 Å². The number of fused-ring (bicyclic) bond motifs is 1. The van der Waals surface area contributed by atoms with Crippen molar-refractivity contribution in [1.82, 2.24) is 9.21 Å². The average Bonchev–Trinajstić information content (AvgIpc) is 3.17. The first kappa shape index (κ1) is 19.2. The maximum Gasteiger partial charge on any atom is 0.243 e. The standard InChI is InChI=1S/C19H27N3O3S2/c1-14-13-26-18-7-6-16(12-17(18)20-19(14)23)27(24,25)22-10-8-21(9-11-22)15-4-2-3-5-15/h6-7,12,14-15H,2-5,8-11,13H2,1H3,(H,20,23). The Kier molecular flexibility index (Phi) is 5.51. The molecule has 1 saturated carbocycles. The van der Waals surface area contributed by atoms with Crippen LogP contribution in [-0.2, 0) is 14.8 Å². The van der Waals surface area contributed by atoms with Crippen LogP contribution in [0.1, 0.15) is 32.6 Å². The van der Waals surface area contributed by atoms with Gasteiger partial charge in [0.1, 0.15) is 0 Å². The highest BCUT2D eigenvalue weighted by Gasteiger charge is 2.32. The number of sulfonamides is 1. The van der Waals surface area contributed by atoms with Gasteiger partial charge in [-0.05, 0) is 31.0 Å². The van der Waals surface area contributed by atoms with Gasteiger partial charge in [0.2, 0.25) is 15.9 Å². The molecule has 3 aliphatic rings. The van der Waals surface area contributed by atoms with Crippen LogP contribution in [0.4, 0.5) is 5.69 Å². The minimum atomic E-state index is -3.54. The van der Waals surface area contributed by atoms with Gasteiger partial charge in [-0.3, -0.25) is 9.69 Å². The number of hydrogen-bond acceptors (Lipinski definition) is 5. The zero-order valence-corrected chi connectivity index (χ0v) is 17.3. The molecular weight excluding hydrogens is 382 g/mol. The number of carbonyl (C=O) groups excluding carboxylic acids is 1. The van der Waals surface area contributed by atoms with Crippen molar-refractivity contribution in [3.63, 3.8) is 0 Å². The molecule has 1 amide bonds. The van der Waals surface area contributed by atoms with Crippen LogP contribution in [0, 0.1) is 5.92 Å². The lowest BCUT2D eigenvalue weighted by Gasteiger charge is -2.37. The number of benzene rings is 1. The van der Waals surface area contributed by atoms with E-state index in [9.17, 15) is 13.2 Å². The molecule has 1 aromatic carbocycles. The maximum atomic E-state index is 13.1. The minimum absolute atomic E-state index is 0.0547. The average molecular weight is 410 g/mol. The minimum Gasteiger partial charge on any atom is -0.325 e. The number of nitrogens with zero attached hydrogens (tertiary/aromatic N) is 2. The van der Waals surface area contributed by atoms with Gasteiger partial charge >= 0.3 is 0 Å².